The Balaban J connectivity index is 1.59. The molecule has 0 bridgehead atoms. The third kappa shape index (κ3) is 2.50. The average molecular weight is 294 g/mol. The maximum atomic E-state index is 12.9. The first-order valence-electron chi connectivity index (χ1n) is 8.33. The standard InChI is InChI=1S/C19H22N2O/c22-19(17-9-8-15-5-1-2-6-16(15)13-17)21-12-4-11-20-10-3-7-18(20)14-21/h1-2,5-6,8-9,13,18H,3-4,7,10-12,14H2. The molecule has 0 aliphatic carbocycles. The summed E-state index contributed by atoms with van der Waals surface area (Å²) in [6.45, 7) is 4.14. The summed E-state index contributed by atoms with van der Waals surface area (Å²) in [5, 5.41) is 2.34. The highest BCUT2D eigenvalue weighted by Crippen LogP contribution is 2.23. The van der Waals surface area contributed by atoms with Crippen molar-refractivity contribution in [1.82, 2.24) is 9.80 Å². The summed E-state index contributed by atoms with van der Waals surface area (Å²) in [6, 6.07) is 14.9. The van der Waals surface area contributed by atoms with E-state index in [0.29, 0.717) is 6.04 Å². The van der Waals surface area contributed by atoms with Gasteiger partial charge in [0.1, 0.15) is 0 Å². The molecule has 2 aliphatic rings. The number of carbonyl (C=O) groups is 1. The highest BCUT2D eigenvalue weighted by molar-refractivity contribution is 5.98. The van der Waals surface area contributed by atoms with Crippen molar-refractivity contribution in [3.63, 3.8) is 0 Å². The average Bonchev–Trinajstić information content (AvgIpc) is 2.90. The Labute approximate surface area is 131 Å². The molecule has 2 fully saturated rings. The second-order valence-electron chi connectivity index (χ2n) is 6.50. The minimum Gasteiger partial charge on any atom is -0.337 e. The van der Waals surface area contributed by atoms with Crippen LogP contribution in [0.15, 0.2) is 42.5 Å². The summed E-state index contributed by atoms with van der Waals surface area (Å²) in [5.41, 5.74) is 0.824. The second-order valence-corrected chi connectivity index (χ2v) is 6.50. The maximum Gasteiger partial charge on any atom is 0.253 e. The number of nitrogens with zero attached hydrogens (tertiary/aromatic N) is 2. The van der Waals surface area contributed by atoms with Gasteiger partial charge in [-0.25, -0.2) is 0 Å². The molecule has 0 N–H and O–H groups in total. The first-order valence-corrected chi connectivity index (χ1v) is 8.33. The van der Waals surface area contributed by atoms with Crippen molar-refractivity contribution < 1.29 is 4.79 Å². The van der Waals surface area contributed by atoms with E-state index in [2.05, 4.69) is 28.0 Å². The van der Waals surface area contributed by atoms with Crippen molar-refractivity contribution in [1.29, 1.82) is 0 Å². The molecular formula is C19H22N2O. The quantitative estimate of drug-likeness (QED) is 0.806. The summed E-state index contributed by atoms with van der Waals surface area (Å²) in [6.07, 6.45) is 3.61. The van der Waals surface area contributed by atoms with E-state index in [4.69, 9.17) is 0 Å². The van der Waals surface area contributed by atoms with Crippen LogP contribution in [0.1, 0.15) is 29.6 Å². The largest absolute Gasteiger partial charge is 0.337 e. The summed E-state index contributed by atoms with van der Waals surface area (Å²) >= 11 is 0. The van der Waals surface area contributed by atoms with E-state index in [1.54, 1.807) is 0 Å². The third-order valence-electron chi connectivity index (χ3n) is 5.09. The van der Waals surface area contributed by atoms with Crippen molar-refractivity contribution in [2.45, 2.75) is 25.3 Å². The minimum atomic E-state index is 0.194. The highest BCUT2D eigenvalue weighted by atomic mass is 16.2. The van der Waals surface area contributed by atoms with Crippen molar-refractivity contribution in [2.24, 2.45) is 0 Å². The van der Waals surface area contributed by atoms with Gasteiger partial charge < -0.3 is 4.90 Å². The zero-order valence-corrected chi connectivity index (χ0v) is 12.9. The molecule has 1 unspecified atom stereocenters. The molecule has 2 saturated heterocycles. The molecular weight excluding hydrogens is 272 g/mol. The van der Waals surface area contributed by atoms with Gasteiger partial charge in [-0.15, -0.1) is 0 Å². The highest BCUT2D eigenvalue weighted by Gasteiger charge is 2.30. The number of hydrogen-bond donors (Lipinski definition) is 0. The van der Waals surface area contributed by atoms with Gasteiger partial charge in [-0.05, 0) is 48.7 Å². The maximum absolute atomic E-state index is 12.9. The van der Waals surface area contributed by atoms with Gasteiger partial charge in [0.2, 0.25) is 0 Å². The fraction of sp³-hybridized carbons (Fsp3) is 0.421. The Hall–Kier alpha value is -1.87. The predicted octanol–water partition coefficient (Wildman–Crippen LogP) is 3.15. The molecule has 2 heterocycles. The molecule has 2 aliphatic heterocycles. The molecule has 0 saturated carbocycles. The number of benzene rings is 2. The molecule has 2 aromatic rings. The first-order chi connectivity index (χ1) is 10.8. The number of rotatable bonds is 1. The van der Waals surface area contributed by atoms with Crippen LogP contribution in [0.3, 0.4) is 0 Å². The number of hydrogen-bond acceptors (Lipinski definition) is 2. The number of fused-ring (bicyclic) bond motifs is 2. The van der Waals surface area contributed by atoms with Crippen LogP contribution in [0.5, 0.6) is 0 Å². The number of amides is 1. The Kier molecular flexibility index (Phi) is 3.59. The lowest BCUT2D eigenvalue weighted by Crippen LogP contribution is -2.39. The topological polar surface area (TPSA) is 23.6 Å². The van der Waals surface area contributed by atoms with Crippen LogP contribution >= 0.6 is 0 Å². The number of carbonyl (C=O) groups excluding carboxylic acids is 1. The Morgan fingerprint density at radius 2 is 1.77 bits per heavy atom. The van der Waals surface area contributed by atoms with Crippen molar-refractivity contribution in [3.05, 3.63) is 48.0 Å². The molecule has 0 aromatic heterocycles. The van der Waals surface area contributed by atoms with Gasteiger partial charge in [0.15, 0.2) is 0 Å². The van der Waals surface area contributed by atoms with Crippen LogP contribution in [0.25, 0.3) is 10.8 Å². The van der Waals surface area contributed by atoms with E-state index in [9.17, 15) is 4.79 Å². The van der Waals surface area contributed by atoms with Gasteiger partial charge in [0.25, 0.3) is 5.91 Å². The van der Waals surface area contributed by atoms with Crippen molar-refractivity contribution >= 4 is 16.7 Å². The van der Waals surface area contributed by atoms with Crippen LogP contribution < -0.4 is 0 Å². The van der Waals surface area contributed by atoms with Crippen LogP contribution in [-0.4, -0.2) is 47.9 Å². The molecule has 22 heavy (non-hydrogen) atoms. The normalized spacial score (nSPS) is 22.5. The van der Waals surface area contributed by atoms with Crippen LogP contribution in [0, 0.1) is 0 Å². The SMILES string of the molecule is O=C(c1ccc2ccccc2c1)N1CCCN2CCCC2C1. The van der Waals surface area contributed by atoms with E-state index in [-0.39, 0.29) is 5.91 Å². The van der Waals surface area contributed by atoms with E-state index in [1.165, 1.54) is 24.8 Å². The van der Waals surface area contributed by atoms with Crippen molar-refractivity contribution in [3.8, 4) is 0 Å². The van der Waals surface area contributed by atoms with Gasteiger partial charge >= 0.3 is 0 Å². The predicted molar refractivity (Wildman–Crippen MR) is 89.1 cm³/mol. The van der Waals surface area contributed by atoms with E-state index < -0.39 is 0 Å². The van der Waals surface area contributed by atoms with Gasteiger partial charge in [-0.3, -0.25) is 9.69 Å². The Bertz CT molecular complexity index is 697. The second kappa shape index (κ2) is 5.73. The lowest BCUT2D eigenvalue weighted by Gasteiger charge is -2.25. The minimum absolute atomic E-state index is 0.194. The molecule has 1 atom stereocenters. The van der Waals surface area contributed by atoms with E-state index in [0.717, 1.165) is 37.0 Å². The van der Waals surface area contributed by atoms with Gasteiger partial charge in [0, 0.05) is 31.2 Å². The molecule has 0 spiro atoms. The molecule has 4 rings (SSSR count). The zero-order valence-electron chi connectivity index (χ0n) is 12.9. The summed E-state index contributed by atoms with van der Waals surface area (Å²) < 4.78 is 0. The monoisotopic (exact) mass is 294 g/mol. The molecule has 3 nitrogen and oxygen atoms in total. The summed E-state index contributed by atoms with van der Waals surface area (Å²) in [7, 11) is 0. The van der Waals surface area contributed by atoms with E-state index in [1.807, 2.05) is 24.3 Å². The van der Waals surface area contributed by atoms with Gasteiger partial charge in [-0.2, -0.15) is 0 Å². The van der Waals surface area contributed by atoms with Crippen LogP contribution in [0.2, 0.25) is 0 Å². The lowest BCUT2D eigenvalue weighted by molar-refractivity contribution is 0.0743. The zero-order chi connectivity index (χ0) is 14.9. The molecule has 2 aromatic carbocycles. The van der Waals surface area contributed by atoms with E-state index >= 15 is 0 Å². The van der Waals surface area contributed by atoms with Crippen LogP contribution in [0.4, 0.5) is 0 Å². The first kappa shape index (κ1) is 13.8. The fourth-order valence-electron chi connectivity index (χ4n) is 3.90. The third-order valence-corrected chi connectivity index (χ3v) is 5.09. The van der Waals surface area contributed by atoms with Crippen LogP contribution in [-0.2, 0) is 0 Å². The molecule has 3 heteroatoms. The summed E-state index contributed by atoms with van der Waals surface area (Å²) in [5.74, 6) is 0.194. The fourth-order valence-corrected chi connectivity index (χ4v) is 3.90. The van der Waals surface area contributed by atoms with Crippen molar-refractivity contribution in [2.75, 3.05) is 26.2 Å². The molecule has 114 valence electrons. The van der Waals surface area contributed by atoms with Gasteiger partial charge in [0.05, 0.1) is 0 Å². The summed E-state index contributed by atoms with van der Waals surface area (Å²) in [4.78, 5) is 17.5. The Morgan fingerprint density at radius 3 is 2.68 bits per heavy atom. The molecule has 1 amide bonds. The smallest absolute Gasteiger partial charge is 0.253 e. The van der Waals surface area contributed by atoms with Gasteiger partial charge in [-0.1, -0.05) is 30.3 Å². The lowest BCUT2D eigenvalue weighted by atomic mass is 10.1. The molecule has 0 radical (unpaired) electrons. The Morgan fingerprint density at radius 1 is 0.955 bits per heavy atom.